The number of aliphatic carboxylic acids is 1. The molecule has 1 unspecified atom stereocenters. The van der Waals surface area contributed by atoms with Crippen molar-refractivity contribution in [1.82, 2.24) is 5.32 Å². The number of hydrogen-bond donors (Lipinski definition) is 1. The summed E-state index contributed by atoms with van der Waals surface area (Å²) in [5.74, 6) is -0.285. The summed E-state index contributed by atoms with van der Waals surface area (Å²) in [5, 5.41) is 13.4. The van der Waals surface area contributed by atoms with Crippen molar-refractivity contribution < 1.29 is 24.2 Å². The molecule has 1 aromatic carbocycles. The average molecular weight is 264 g/mol. The van der Waals surface area contributed by atoms with Gasteiger partial charge < -0.3 is 24.7 Å². The van der Waals surface area contributed by atoms with Crippen LogP contribution in [0.15, 0.2) is 18.2 Å². The van der Waals surface area contributed by atoms with E-state index in [-0.39, 0.29) is 25.5 Å². The SMILES string of the molecule is CCC(=O)NC(CC(=O)[O-])c1ccc2c(c1)OCO2. The summed E-state index contributed by atoms with van der Waals surface area (Å²) >= 11 is 0. The van der Waals surface area contributed by atoms with Gasteiger partial charge in [-0.1, -0.05) is 13.0 Å². The highest BCUT2D eigenvalue weighted by atomic mass is 16.7. The van der Waals surface area contributed by atoms with E-state index in [1.165, 1.54) is 0 Å². The fourth-order valence-corrected chi connectivity index (χ4v) is 1.85. The first-order valence-corrected chi connectivity index (χ1v) is 5.99. The first-order valence-electron chi connectivity index (χ1n) is 5.99. The maximum absolute atomic E-state index is 11.4. The number of ether oxygens (including phenoxy) is 2. The van der Waals surface area contributed by atoms with Crippen LogP contribution in [-0.2, 0) is 9.59 Å². The number of fused-ring (bicyclic) bond motifs is 1. The van der Waals surface area contributed by atoms with E-state index in [4.69, 9.17) is 9.47 Å². The van der Waals surface area contributed by atoms with Gasteiger partial charge in [-0.3, -0.25) is 4.79 Å². The zero-order valence-electron chi connectivity index (χ0n) is 10.5. The Hall–Kier alpha value is -2.24. The third-order valence-electron chi connectivity index (χ3n) is 2.83. The van der Waals surface area contributed by atoms with Gasteiger partial charge in [-0.05, 0) is 17.7 Å². The van der Waals surface area contributed by atoms with Crippen LogP contribution < -0.4 is 19.9 Å². The minimum absolute atomic E-state index is 0.144. The summed E-state index contributed by atoms with van der Waals surface area (Å²) < 4.78 is 10.4. The van der Waals surface area contributed by atoms with Crippen molar-refractivity contribution in [2.75, 3.05) is 6.79 Å². The van der Waals surface area contributed by atoms with E-state index in [9.17, 15) is 14.7 Å². The van der Waals surface area contributed by atoms with Crippen molar-refractivity contribution in [3.05, 3.63) is 23.8 Å². The molecule has 0 aromatic heterocycles. The summed E-state index contributed by atoms with van der Waals surface area (Å²) in [6.45, 7) is 1.84. The van der Waals surface area contributed by atoms with Gasteiger partial charge in [0.05, 0.1) is 6.04 Å². The minimum atomic E-state index is -1.22. The van der Waals surface area contributed by atoms with Gasteiger partial charge in [-0.25, -0.2) is 0 Å². The Kier molecular flexibility index (Phi) is 3.89. The fraction of sp³-hybridized carbons (Fsp3) is 0.385. The van der Waals surface area contributed by atoms with Gasteiger partial charge in [-0.2, -0.15) is 0 Å². The molecular weight excluding hydrogens is 250 g/mol. The monoisotopic (exact) mass is 264 g/mol. The molecule has 19 heavy (non-hydrogen) atoms. The van der Waals surface area contributed by atoms with Crippen LogP contribution in [0.25, 0.3) is 0 Å². The number of carbonyl (C=O) groups is 2. The molecule has 1 atom stereocenters. The second kappa shape index (κ2) is 5.60. The normalized spacial score (nSPS) is 13.9. The lowest BCUT2D eigenvalue weighted by molar-refractivity contribution is -0.306. The summed E-state index contributed by atoms with van der Waals surface area (Å²) in [6, 6.07) is 4.44. The van der Waals surface area contributed by atoms with Gasteiger partial charge in [-0.15, -0.1) is 0 Å². The van der Waals surface area contributed by atoms with E-state index in [1.807, 2.05) is 0 Å². The lowest BCUT2D eigenvalue weighted by atomic mass is 10.0. The van der Waals surface area contributed by atoms with E-state index in [2.05, 4.69) is 5.32 Å². The van der Waals surface area contributed by atoms with Crippen molar-refractivity contribution in [3.8, 4) is 11.5 Å². The Bertz CT molecular complexity index is 500. The predicted octanol–water partition coefficient (Wildman–Crippen LogP) is 0.123. The number of nitrogens with one attached hydrogen (secondary N) is 1. The molecule has 1 heterocycles. The molecule has 1 aliphatic rings. The smallest absolute Gasteiger partial charge is 0.231 e. The fourth-order valence-electron chi connectivity index (χ4n) is 1.85. The topological polar surface area (TPSA) is 87.7 Å². The minimum Gasteiger partial charge on any atom is -0.550 e. The molecule has 6 heteroatoms. The number of benzene rings is 1. The van der Waals surface area contributed by atoms with Gasteiger partial charge in [0.2, 0.25) is 12.7 Å². The largest absolute Gasteiger partial charge is 0.550 e. The van der Waals surface area contributed by atoms with E-state index < -0.39 is 12.0 Å². The van der Waals surface area contributed by atoms with Crippen molar-refractivity contribution in [3.63, 3.8) is 0 Å². The molecule has 6 nitrogen and oxygen atoms in total. The molecule has 1 aliphatic heterocycles. The number of carboxylic acids is 1. The van der Waals surface area contributed by atoms with Crippen molar-refractivity contribution >= 4 is 11.9 Å². The molecule has 0 aliphatic carbocycles. The summed E-state index contributed by atoms with van der Waals surface area (Å²) in [5.41, 5.74) is 0.648. The molecule has 0 saturated heterocycles. The number of hydrogen-bond acceptors (Lipinski definition) is 5. The molecule has 1 amide bonds. The standard InChI is InChI=1S/C13H15NO5/c1-2-12(15)14-9(6-13(16)17)8-3-4-10-11(5-8)19-7-18-10/h3-5,9H,2,6-7H2,1H3,(H,14,15)(H,16,17)/p-1. The highest BCUT2D eigenvalue weighted by Crippen LogP contribution is 2.34. The average Bonchev–Trinajstić information content (AvgIpc) is 2.84. The van der Waals surface area contributed by atoms with E-state index >= 15 is 0 Å². The Labute approximate surface area is 110 Å². The van der Waals surface area contributed by atoms with Crippen molar-refractivity contribution in [2.45, 2.75) is 25.8 Å². The molecular formula is C13H14NO5-. The van der Waals surface area contributed by atoms with E-state index in [0.29, 0.717) is 17.1 Å². The summed E-state index contributed by atoms with van der Waals surface area (Å²) in [7, 11) is 0. The maximum atomic E-state index is 11.4. The molecule has 0 spiro atoms. The van der Waals surface area contributed by atoms with Gasteiger partial charge in [0.25, 0.3) is 0 Å². The van der Waals surface area contributed by atoms with Crippen LogP contribution in [-0.4, -0.2) is 18.7 Å². The first-order chi connectivity index (χ1) is 9.10. The number of carboxylic acid groups (broad SMARTS) is 1. The zero-order chi connectivity index (χ0) is 13.8. The van der Waals surface area contributed by atoms with Gasteiger partial charge >= 0.3 is 0 Å². The lowest BCUT2D eigenvalue weighted by Crippen LogP contribution is -2.33. The third-order valence-corrected chi connectivity index (χ3v) is 2.83. The second-order valence-electron chi connectivity index (χ2n) is 4.16. The Balaban J connectivity index is 2.21. The molecule has 1 N–H and O–H groups in total. The second-order valence-corrected chi connectivity index (χ2v) is 4.16. The van der Waals surface area contributed by atoms with Crippen molar-refractivity contribution in [1.29, 1.82) is 0 Å². The van der Waals surface area contributed by atoms with Crippen LogP contribution in [0.5, 0.6) is 11.5 Å². The zero-order valence-corrected chi connectivity index (χ0v) is 10.5. The van der Waals surface area contributed by atoms with Gasteiger partial charge in [0.1, 0.15) is 0 Å². The molecule has 0 fully saturated rings. The van der Waals surface area contributed by atoms with Gasteiger partial charge in [0, 0.05) is 18.8 Å². The molecule has 0 bridgehead atoms. The van der Waals surface area contributed by atoms with Crippen LogP contribution >= 0.6 is 0 Å². The van der Waals surface area contributed by atoms with E-state index in [0.717, 1.165) is 0 Å². The van der Waals surface area contributed by atoms with Crippen LogP contribution in [0.4, 0.5) is 0 Å². The highest BCUT2D eigenvalue weighted by Gasteiger charge is 2.19. The third kappa shape index (κ3) is 3.15. The maximum Gasteiger partial charge on any atom is 0.231 e. The molecule has 0 saturated carbocycles. The van der Waals surface area contributed by atoms with Crippen molar-refractivity contribution in [2.24, 2.45) is 0 Å². The van der Waals surface area contributed by atoms with E-state index in [1.54, 1.807) is 25.1 Å². The molecule has 102 valence electrons. The Morgan fingerprint density at radius 2 is 2.11 bits per heavy atom. The van der Waals surface area contributed by atoms with Crippen LogP contribution in [0.2, 0.25) is 0 Å². The Morgan fingerprint density at radius 3 is 2.79 bits per heavy atom. The number of rotatable bonds is 5. The van der Waals surface area contributed by atoms with Crippen LogP contribution in [0.3, 0.4) is 0 Å². The van der Waals surface area contributed by atoms with Crippen LogP contribution in [0, 0.1) is 0 Å². The summed E-state index contributed by atoms with van der Waals surface area (Å²) in [6.07, 6.45) is -0.000513. The lowest BCUT2D eigenvalue weighted by Gasteiger charge is -2.19. The number of amides is 1. The Morgan fingerprint density at radius 1 is 1.37 bits per heavy atom. The van der Waals surface area contributed by atoms with Crippen LogP contribution in [0.1, 0.15) is 31.4 Å². The summed E-state index contributed by atoms with van der Waals surface area (Å²) in [4.78, 5) is 22.2. The predicted molar refractivity (Wildman–Crippen MR) is 63.4 cm³/mol. The quantitative estimate of drug-likeness (QED) is 0.816. The van der Waals surface area contributed by atoms with Gasteiger partial charge in [0.15, 0.2) is 11.5 Å². The highest BCUT2D eigenvalue weighted by molar-refractivity contribution is 5.77. The molecule has 2 rings (SSSR count). The number of carbonyl (C=O) groups excluding carboxylic acids is 2. The first kappa shape index (κ1) is 13.2. The molecule has 1 aromatic rings. The molecule has 0 radical (unpaired) electrons.